The minimum absolute atomic E-state index is 0.668. The topological polar surface area (TPSA) is 40.7 Å². The summed E-state index contributed by atoms with van der Waals surface area (Å²) >= 11 is 0. The molecule has 1 aliphatic carbocycles. The van der Waals surface area contributed by atoms with Crippen LogP contribution in [0.3, 0.4) is 0 Å². The standard InChI is InChI=1S/C15H21N3/c1-10-5-6-14(11(10)2)17-8-12-9-18-15-13(12)4-3-7-16-15/h3-4,7,9-11,14,17H,5-6,8H2,1-2H3,(H,16,18). The lowest BCUT2D eigenvalue weighted by atomic mass is 9.98. The molecule has 0 spiro atoms. The summed E-state index contributed by atoms with van der Waals surface area (Å²) in [5, 5.41) is 4.95. The van der Waals surface area contributed by atoms with Crippen LogP contribution in [0.1, 0.15) is 32.3 Å². The average Bonchev–Trinajstić information content (AvgIpc) is 2.94. The Morgan fingerprint density at radius 1 is 1.39 bits per heavy atom. The van der Waals surface area contributed by atoms with Crippen LogP contribution in [0.2, 0.25) is 0 Å². The number of nitrogens with one attached hydrogen (secondary N) is 2. The SMILES string of the molecule is CC1CCC(NCc2c[nH]c3ncccc23)C1C. The smallest absolute Gasteiger partial charge is 0.137 e. The van der Waals surface area contributed by atoms with E-state index in [1.807, 2.05) is 12.3 Å². The zero-order chi connectivity index (χ0) is 12.5. The molecule has 1 fully saturated rings. The highest BCUT2D eigenvalue weighted by atomic mass is 14.9. The molecule has 0 saturated heterocycles. The van der Waals surface area contributed by atoms with Crippen LogP contribution in [-0.4, -0.2) is 16.0 Å². The predicted octanol–water partition coefficient (Wildman–Crippen LogP) is 3.09. The fourth-order valence-electron chi connectivity index (χ4n) is 3.05. The van der Waals surface area contributed by atoms with Gasteiger partial charge in [0.25, 0.3) is 0 Å². The number of H-pyrrole nitrogens is 1. The van der Waals surface area contributed by atoms with Crippen molar-refractivity contribution in [2.45, 2.75) is 39.3 Å². The molecule has 18 heavy (non-hydrogen) atoms. The maximum Gasteiger partial charge on any atom is 0.137 e. The van der Waals surface area contributed by atoms with Crippen LogP contribution in [0.4, 0.5) is 0 Å². The van der Waals surface area contributed by atoms with E-state index in [1.165, 1.54) is 23.8 Å². The zero-order valence-corrected chi connectivity index (χ0v) is 11.1. The fourth-order valence-corrected chi connectivity index (χ4v) is 3.05. The summed E-state index contributed by atoms with van der Waals surface area (Å²) in [6.45, 7) is 5.67. The molecule has 3 nitrogen and oxygen atoms in total. The fraction of sp³-hybridized carbons (Fsp3) is 0.533. The number of hydrogen-bond acceptors (Lipinski definition) is 2. The van der Waals surface area contributed by atoms with Crippen LogP contribution in [0.5, 0.6) is 0 Å². The van der Waals surface area contributed by atoms with Gasteiger partial charge < -0.3 is 10.3 Å². The molecule has 96 valence electrons. The molecule has 0 aromatic carbocycles. The van der Waals surface area contributed by atoms with Gasteiger partial charge in [-0.1, -0.05) is 13.8 Å². The minimum Gasteiger partial charge on any atom is -0.346 e. The van der Waals surface area contributed by atoms with Crippen molar-refractivity contribution in [2.75, 3.05) is 0 Å². The molecule has 1 aliphatic rings. The Labute approximate surface area is 108 Å². The maximum absolute atomic E-state index is 4.33. The molecule has 2 aromatic heterocycles. The Morgan fingerprint density at radius 2 is 2.28 bits per heavy atom. The minimum atomic E-state index is 0.668. The first kappa shape index (κ1) is 11.7. The highest BCUT2D eigenvalue weighted by Gasteiger charge is 2.29. The largest absolute Gasteiger partial charge is 0.346 e. The number of nitrogens with zero attached hydrogens (tertiary/aromatic N) is 1. The van der Waals surface area contributed by atoms with Crippen LogP contribution in [0.25, 0.3) is 11.0 Å². The molecular weight excluding hydrogens is 222 g/mol. The normalized spacial score (nSPS) is 28.0. The van der Waals surface area contributed by atoms with E-state index in [0.29, 0.717) is 6.04 Å². The molecule has 2 N–H and O–H groups in total. The predicted molar refractivity (Wildman–Crippen MR) is 74.3 cm³/mol. The van der Waals surface area contributed by atoms with Gasteiger partial charge in [0.1, 0.15) is 5.65 Å². The van der Waals surface area contributed by atoms with Crippen LogP contribution >= 0.6 is 0 Å². The molecule has 3 rings (SSSR count). The Morgan fingerprint density at radius 3 is 3.06 bits per heavy atom. The van der Waals surface area contributed by atoms with Gasteiger partial charge in [0.05, 0.1) is 0 Å². The third-order valence-corrected chi connectivity index (χ3v) is 4.56. The Balaban J connectivity index is 1.70. The van der Waals surface area contributed by atoms with Gasteiger partial charge >= 0.3 is 0 Å². The van der Waals surface area contributed by atoms with Crippen molar-refractivity contribution in [1.82, 2.24) is 15.3 Å². The van der Waals surface area contributed by atoms with Gasteiger partial charge in [-0.2, -0.15) is 0 Å². The molecule has 3 unspecified atom stereocenters. The lowest BCUT2D eigenvalue weighted by molar-refractivity contribution is 0.370. The number of aromatic nitrogens is 2. The number of hydrogen-bond donors (Lipinski definition) is 2. The summed E-state index contributed by atoms with van der Waals surface area (Å²) in [4.78, 5) is 7.56. The molecule has 1 saturated carbocycles. The van der Waals surface area contributed by atoms with E-state index in [4.69, 9.17) is 0 Å². The number of aromatic amines is 1. The molecule has 0 aliphatic heterocycles. The molecule has 2 heterocycles. The van der Waals surface area contributed by atoms with Gasteiger partial charge in [-0.05, 0) is 42.4 Å². The van der Waals surface area contributed by atoms with E-state index in [2.05, 4.69) is 41.4 Å². The second-order valence-electron chi connectivity index (χ2n) is 5.61. The second kappa shape index (κ2) is 4.73. The van der Waals surface area contributed by atoms with Crippen molar-refractivity contribution < 1.29 is 0 Å². The van der Waals surface area contributed by atoms with Crippen molar-refractivity contribution in [2.24, 2.45) is 11.8 Å². The van der Waals surface area contributed by atoms with E-state index in [9.17, 15) is 0 Å². The molecule has 0 radical (unpaired) electrons. The third-order valence-electron chi connectivity index (χ3n) is 4.56. The van der Waals surface area contributed by atoms with Gasteiger partial charge in [0.15, 0.2) is 0 Å². The van der Waals surface area contributed by atoms with Gasteiger partial charge in [-0.3, -0.25) is 0 Å². The van der Waals surface area contributed by atoms with E-state index >= 15 is 0 Å². The molecule has 3 atom stereocenters. The lowest BCUT2D eigenvalue weighted by Gasteiger charge is -2.19. The van der Waals surface area contributed by atoms with Gasteiger partial charge in [-0.15, -0.1) is 0 Å². The first-order chi connectivity index (χ1) is 8.75. The molecular formula is C15H21N3. The van der Waals surface area contributed by atoms with Crippen molar-refractivity contribution in [1.29, 1.82) is 0 Å². The van der Waals surface area contributed by atoms with Crippen molar-refractivity contribution in [3.05, 3.63) is 30.1 Å². The summed E-state index contributed by atoms with van der Waals surface area (Å²) in [6.07, 6.45) is 6.57. The van der Waals surface area contributed by atoms with Gasteiger partial charge in [0.2, 0.25) is 0 Å². The van der Waals surface area contributed by atoms with E-state index in [0.717, 1.165) is 24.0 Å². The molecule has 2 aromatic rings. The summed E-state index contributed by atoms with van der Waals surface area (Å²) in [6, 6.07) is 4.80. The highest BCUT2D eigenvalue weighted by Crippen LogP contribution is 2.31. The summed E-state index contributed by atoms with van der Waals surface area (Å²) < 4.78 is 0. The Kier molecular flexibility index (Phi) is 3.08. The average molecular weight is 243 g/mol. The molecule has 0 amide bonds. The van der Waals surface area contributed by atoms with E-state index < -0.39 is 0 Å². The number of fused-ring (bicyclic) bond motifs is 1. The Bertz CT molecular complexity index is 531. The number of pyridine rings is 1. The highest BCUT2D eigenvalue weighted by molar-refractivity contribution is 5.79. The number of rotatable bonds is 3. The van der Waals surface area contributed by atoms with Gasteiger partial charge in [-0.25, -0.2) is 4.98 Å². The van der Waals surface area contributed by atoms with Crippen molar-refractivity contribution in [3.8, 4) is 0 Å². The monoisotopic (exact) mass is 243 g/mol. The summed E-state index contributed by atoms with van der Waals surface area (Å²) in [7, 11) is 0. The van der Waals surface area contributed by atoms with Crippen LogP contribution in [0, 0.1) is 11.8 Å². The quantitative estimate of drug-likeness (QED) is 0.869. The molecule has 0 bridgehead atoms. The first-order valence-corrected chi connectivity index (χ1v) is 6.90. The first-order valence-electron chi connectivity index (χ1n) is 6.90. The maximum atomic E-state index is 4.33. The van der Waals surface area contributed by atoms with Crippen molar-refractivity contribution >= 4 is 11.0 Å². The lowest BCUT2D eigenvalue weighted by Crippen LogP contribution is -2.31. The van der Waals surface area contributed by atoms with Gasteiger partial charge in [0, 0.05) is 30.4 Å². The Hall–Kier alpha value is -1.35. The zero-order valence-electron chi connectivity index (χ0n) is 11.1. The van der Waals surface area contributed by atoms with Crippen LogP contribution in [-0.2, 0) is 6.54 Å². The van der Waals surface area contributed by atoms with Crippen LogP contribution < -0.4 is 5.32 Å². The van der Waals surface area contributed by atoms with Crippen LogP contribution in [0.15, 0.2) is 24.5 Å². The van der Waals surface area contributed by atoms with E-state index in [-0.39, 0.29) is 0 Å². The second-order valence-corrected chi connectivity index (χ2v) is 5.61. The third kappa shape index (κ3) is 2.03. The summed E-state index contributed by atoms with van der Waals surface area (Å²) in [5.41, 5.74) is 2.31. The van der Waals surface area contributed by atoms with Crippen molar-refractivity contribution in [3.63, 3.8) is 0 Å². The molecule has 3 heteroatoms. The summed E-state index contributed by atoms with van der Waals surface area (Å²) in [5.74, 6) is 1.64. The van der Waals surface area contributed by atoms with E-state index in [1.54, 1.807) is 0 Å².